The first-order valence-corrected chi connectivity index (χ1v) is 10.6. The van der Waals surface area contributed by atoms with Gasteiger partial charge in [-0.15, -0.1) is 0 Å². The molecule has 9 nitrogen and oxygen atoms in total. The van der Waals surface area contributed by atoms with E-state index in [1.165, 1.54) is 23.7 Å². The Bertz CT molecular complexity index is 1390. The van der Waals surface area contributed by atoms with Crippen LogP contribution in [0.2, 0.25) is 0 Å². The molecule has 0 unspecified atom stereocenters. The van der Waals surface area contributed by atoms with E-state index >= 15 is 0 Å². The summed E-state index contributed by atoms with van der Waals surface area (Å²) in [5, 5.41) is 9.65. The van der Waals surface area contributed by atoms with Gasteiger partial charge in [-0.2, -0.15) is 36.4 Å². The first-order chi connectivity index (χ1) is 16.8. The Morgan fingerprint density at radius 1 is 1.11 bits per heavy atom. The molecule has 1 N–H and O–H groups in total. The molecular formula is C21H19F6N7O2. The lowest BCUT2D eigenvalue weighted by Gasteiger charge is -2.13. The fourth-order valence-electron chi connectivity index (χ4n) is 3.54. The zero-order valence-electron chi connectivity index (χ0n) is 18.9. The van der Waals surface area contributed by atoms with E-state index in [4.69, 9.17) is 4.52 Å². The van der Waals surface area contributed by atoms with Crippen molar-refractivity contribution in [3.05, 3.63) is 59.3 Å². The van der Waals surface area contributed by atoms with Crippen LogP contribution in [0.4, 0.5) is 26.3 Å². The number of para-hydroxylation sites is 2. The van der Waals surface area contributed by atoms with Crippen molar-refractivity contribution in [1.29, 1.82) is 0 Å². The summed E-state index contributed by atoms with van der Waals surface area (Å²) in [5.74, 6) is -2.88. The third-order valence-corrected chi connectivity index (χ3v) is 5.24. The van der Waals surface area contributed by atoms with Crippen molar-refractivity contribution >= 4 is 16.9 Å². The zero-order chi connectivity index (χ0) is 26.3. The summed E-state index contributed by atoms with van der Waals surface area (Å²) in [6.45, 7) is 2.88. The highest BCUT2D eigenvalue weighted by Gasteiger charge is 2.38. The first kappa shape index (κ1) is 25.2. The van der Waals surface area contributed by atoms with Crippen LogP contribution in [0, 0.1) is 12.8 Å². The fraction of sp³-hybridized carbons (Fsp3) is 0.381. The fourth-order valence-corrected chi connectivity index (χ4v) is 3.54. The van der Waals surface area contributed by atoms with Crippen molar-refractivity contribution in [3.8, 4) is 0 Å². The molecule has 3 aromatic heterocycles. The highest BCUT2D eigenvalue weighted by molar-refractivity contribution is 5.89. The SMILES string of the molecule is Cc1cc(C(F)(F)F)nn1C[C@@H](C)CNC(=O)c1nc(Cn2c(C(F)(F)F)nc3ccccc32)no1. The van der Waals surface area contributed by atoms with Crippen LogP contribution in [-0.2, 0) is 25.4 Å². The Balaban J connectivity index is 1.41. The molecule has 0 aliphatic heterocycles. The van der Waals surface area contributed by atoms with E-state index in [0.29, 0.717) is 5.69 Å². The number of carbonyl (C=O) groups excluding carboxylic acids is 1. The number of aryl methyl sites for hydroxylation is 1. The molecule has 192 valence electrons. The van der Waals surface area contributed by atoms with Gasteiger partial charge in [-0.1, -0.05) is 24.2 Å². The number of amides is 1. The normalized spacial score (nSPS) is 13.3. The zero-order valence-corrected chi connectivity index (χ0v) is 18.9. The molecule has 0 aliphatic rings. The number of carbonyl (C=O) groups is 1. The Labute approximate surface area is 199 Å². The first-order valence-electron chi connectivity index (χ1n) is 10.6. The molecule has 0 saturated heterocycles. The van der Waals surface area contributed by atoms with Crippen molar-refractivity contribution < 1.29 is 35.7 Å². The second-order valence-electron chi connectivity index (χ2n) is 8.19. The molecule has 0 spiro atoms. The molecule has 36 heavy (non-hydrogen) atoms. The van der Waals surface area contributed by atoms with Crippen molar-refractivity contribution in [3.63, 3.8) is 0 Å². The molecule has 0 fully saturated rings. The molecule has 3 heterocycles. The molecular weight excluding hydrogens is 496 g/mol. The second-order valence-corrected chi connectivity index (χ2v) is 8.19. The molecule has 4 rings (SSSR count). The van der Waals surface area contributed by atoms with Crippen molar-refractivity contribution in [2.45, 2.75) is 39.3 Å². The highest BCUT2D eigenvalue weighted by Crippen LogP contribution is 2.32. The number of alkyl halides is 6. The molecule has 4 aromatic rings. The minimum atomic E-state index is -4.73. The van der Waals surface area contributed by atoms with Gasteiger partial charge >= 0.3 is 24.2 Å². The molecule has 0 bridgehead atoms. The molecule has 0 radical (unpaired) electrons. The van der Waals surface area contributed by atoms with Crippen molar-refractivity contribution in [2.75, 3.05) is 6.54 Å². The Morgan fingerprint density at radius 2 is 1.83 bits per heavy atom. The van der Waals surface area contributed by atoms with Crippen molar-refractivity contribution in [1.82, 2.24) is 34.8 Å². The van der Waals surface area contributed by atoms with Gasteiger partial charge in [0.15, 0.2) is 11.5 Å². The van der Waals surface area contributed by atoms with E-state index in [2.05, 4.69) is 25.5 Å². The van der Waals surface area contributed by atoms with Crippen LogP contribution in [0.15, 0.2) is 34.9 Å². The van der Waals surface area contributed by atoms with Crippen LogP contribution < -0.4 is 5.32 Å². The number of imidazole rings is 1. The number of halogens is 6. The predicted octanol–water partition coefficient (Wildman–Crippen LogP) is 4.08. The Kier molecular flexibility index (Phi) is 6.49. The highest BCUT2D eigenvalue weighted by atomic mass is 19.4. The average Bonchev–Trinajstić information content (AvgIpc) is 3.50. The summed E-state index contributed by atoms with van der Waals surface area (Å²) < 4.78 is 85.8. The summed E-state index contributed by atoms with van der Waals surface area (Å²) in [6.07, 6.45) is -9.29. The lowest BCUT2D eigenvalue weighted by atomic mass is 10.2. The maximum Gasteiger partial charge on any atom is 0.449 e. The molecule has 1 amide bonds. The van der Waals surface area contributed by atoms with Gasteiger partial charge in [0, 0.05) is 18.8 Å². The Morgan fingerprint density at radius 3 is 2.50 bits per heavy atom. The topological polar surface area (TPSA) is 104 Å². The Hall–Kier alpha value is -3.91. The van der Waals surface area contributed by atoms with Gasteiger partial charge in [-0.25, -0.2) is 4.98 Å². The molecule has 15 heteroatoms. The monoisotopic (exact) mass is 515 g/mol. The van der Waals surface area contributed by atoms with Gasteiger partial charge < -0.3 is 14.4 Å². The standard InChI is InChI=1S/C21H19F6N7O2/c1-11(9-34-12(2)7-15(31-34)20(22,23)24)8-28-17(35)18-30-16(32-36-18)10-33-14-6-4-3-5-13(14)29-19(33)21(25,26)27/h3-7,11H,8-10H2,1-2H3,(H,28,35)/t11-/m0/s1. The number of fused-ring (bicyclic) bond motifs is 1. The van der Waals surface area contributed by atoms with E-state index in [1.54, 1.807) is 19.1 Å². The minimum Gasteiger partial charge on any atom is -0.347 e. The van der Waals surface area contributed by atoms with Gasteiger partial charge in [-0.3, -0.25) is 9.48 Å². The van der Waals surface area contributed by atoms with Crippen LogP contribution in [0.25, 0.3) is 11.0 Å². The number of benzene rings is 1. The summed E-state index contributed by atoms with van der Waals surface area (Å²) in [4.78, 5) is 19.9. The third-order valence-electron chi connectivity index (χ3n) is 5.24. The summed E-state index contributed by atoms with van der Waals surface area (Å²) in [6, 6.07) is 6.95. The molecule has 1 aromatic carbocycles. The number of hydrogen-bond donors (Lipinski definition) is 1. The van der Waals surface area contributed by atoms with Crippen LogP contribution >= 0.6 is 0 Å². The van der Waals surface area contributed by atoms with Crippen molar-refractivity contribution in [2.24, 2.45) is 5.92 Å². The van der Waals surface area contributed by atoms with Crippen LogP contribution in [0.5, 0.6) is 0 Å². The van der Waals surface area contributed by atoms with Gasteiger partial charge in [0.05, 0.1) is 17.6 Å². The summed E-state index contributed by atoms with van der Waals surface area (Å²) in [5.41, 5.74) is -0.353. The van der Waals surface area contributed by atoms with Crippen LogP contribution in [0.3, 0.4) is 0 Å². The molecule has 0 aliphatic carbocycles. The lowest BCUT2D eigenvalue weighted by Crippen LogP contribution is -2.30. The lowest BCUT2D eigenvalue weighted by molar-refractivity contribution is -0.146. The summed E-state index contributed by atoms with van der Waals surface area (Å²) >= 11 is 0. The number of hydrogen-bond acceptors (Lipinski definition) is 6. The van der Waals surface area contributed by atoms with Gasteiger partial charge in [0.2, 0.25) is 5.82 Å². The van der Waals surface area contributed by atoms with E-state index in [1.807, 2.05) is 0 Å². The number of aromatic nitrogens is 6. The number of nitrogens with one attached hydrogen (secondary N) is 1. The molecule has 0 saturated carbocycles. The van der Waals surface area contributed by atoms with E-state index in [-0.39, 0.29) is 35.9 Å². The smallest absolute Gasteiger partial charge is 0.347 e. The second kappa shape index (κ2) is 9.28. The maximum atomic E-state index is 13.5. The molecule has 1 atom stereocenters. The quantitative estimate of drug-likeness (QED) is 0.372. The van der Waals surface area contributed by atoms with Gasteiger partial charge in [0.25, 0.3) is 0 Å². The van der Waals surface area contributed by atoms with Gasteiger partial charge in [0.1, 0.15) is 0 Å². The van der Waals surface area contributed by atoms with Crippen LogP contribution in [-0.4, -0.2) is 41.9 Å². The van der Waals surface area contributed by atoms with Gasteiger partial charge in [-0.05, 0) is 31.0 Å². The van der Waals surface area contributed by atoms with E-state index < -0.39 is 42.2 Å². The van der Waals surface area contributed by atoms with E-state index in [0.717, 1.165) is 10.6 Å². The number of nitrogens with zero attached hydrogens (tertiary/aromatic N) is 6. The summed E-state index contributed by atoms with van der Waals surface area (Å²) in [7, 11) is 0. The number of rotatable bonds is 7. The predicted molar refractivity (Wildman–Crippen MR) is 112 cm³/mol. The third kappa shape index (κ3) is 5.33. The van der Waals surface area contributed by atoms with Crippen LogP contribution in [0.1, 0.15) is 40.6 Å². The average molecular weight is 515 g/mol. The minimum absolute atomic E-state index is 0.0432. The largest absolute Gasteiger partial charge is 0.449 e. The van der Waals surface area contributed by atoms with E-state index in [9.17, 15) is 31.1 Å². The maximum absolute atomic E-state index is 13.5.